The molecule has 0 aliphatic heterocycles. The van der Waals surface area contributed by atoms with Crippen LogP contribution in [0.5, 0.6) is 0 Å². The van der Waals surface area contributed by atoms with E-state index in [1.807, 2.05) is 12.1 Å². The summed E-state index contributed by atoms with van der Waals surface area (Å²) in [5.41, 5.74) is 0.693. The minimum Gasteiger partial charge on any atom is -0.383 e. The predicted octanol–water partition coefficient (Wildman–Crippen LogP) is 4.35. The van der Waals surface area contributed by atoms with E-state index in [9.17, 15) is 9.65 Å². The smallest absolute Gasteiger partial charge is 0.151 e. The third-order valence-electron chi connectivity index (χ3n) is 6.60. The first-order chi connectivity index (χ1) is 16.0. The highest BCUT2D eigenvalue weighted by atomic mass is 19.1. The van der Waals surface area contributed by atoms with Gasteiger partial charge in [-0.2, -0.15) is 5.26 Å². The average Bonchev–Trinajstić information content (AvgIpc) is 3.61. The lowest BCUT2D eigenvalue weighted by Gasteiger charge is -2.31. The fraction of sp³-hybridized carbons (Fsp3) is 0.560. The van der Waals surface area contributed by atoms with Crippen LogP contribution in [-0.4, -0.2) is 48.4 Å². The van der Waals surface area contributed by atoms with Crippen LogP contribution in [0.4, 0.5) is 16.0 Å². The number of nitriles is 1. The number of hydrogen-bond donors (Lipinski definition) is 3. The van der Waals surface area contributed by atoms with Crippen molar-refractivity contribution in [2.75, 3.05) is 30.9 Å². The Hall–Kier alpha value is -2.76. The molecule has 3 N–H and O–H groups in total. The van der Waals surface area contributed by atoms with Crippen molar-refractivity contribution >= 4 is 11.6 Å². The van der Waals surface area contributed by atoms with E-state index in [-0.39, 0.29) is 5.41 Å². The van der Waals surface area contributed by atoms with E-state index < -0.39 is 5.82 Å². The molecule has 2 heterocycles. The Bertz CT molecular complexity index is 981. The normalized spacial score (nSPS) is 22.2. The molecular formula is C25H33FN6O. The van der Waals surface area contributed by atoms with Gasteiger partial charge in [0.2, 0.25) is 0 Å². The summed E-state index contributed by atoms with van der Waals surface area (Å²) in [6.07, 6.45) is 7.31. The summed E-state index contributed by atoms with van der Waals surface area (Å²) in [7, 11) is 1.73. The van der Waals surface area contributed by atoms with Crippen LogP contribution in [0.15, 0.2) is 30.5 Å². The number of anilines is 2. The SMILES string of the molecule is COCC(C)N[C@H]1CC[C@H](Nc2cc(-c3cccc(NCC4(C#N)CC4)n3)c(F)cn2)CC1. The van der Waals surface area contributed by atoms with Crippen molar-refractivity contribution in [3.8, 4) is 17.3 Å². The molecule has 2 aliphatic carbocycles. The Morgan fingerprint density at radius 2 is 1.97 bits per heavy atom. The standard InChI is InChI=1S/C25H33FN6O/c1-17(14-33-2)30-18-6-8-19(9-7-18)31-24-12-20(21(26)13-28-24)22-4-3-5-23(32-22)29-16-25(15-27)10-11-25/h3-5,12-13,17-19,30H,6-11,14,16H2,1-2H3,(H,28,31)(H,29,32)/t17?,18-,19-. The summed E-state index contributed by atoms with van der Waals surface area (Å²) in [5.74, 6) is 0.909. The van der Waals surface area contributed by atoms with Gasteiger partial charge >= 0.3 is 0 Å². The lowest BCUT2D eigenvalue weighted by Crippen LogP contribution is -2.42. The lowest BCUT2D eigenvalue weighted by atomic mass is 9.90. The Morgan fingerprint density at radius 3 is 2.67 bits per heavy atom. The molecule has 176 valence electrons. The van der Waals surface area contributed by atoms with Crippen LogP contribution in [0.1, 0.15) is 45.4 Å². The number of nitrogens with zero attached hydrogens (tertiary/aromatic N) is 3. The molecule has 4 rings (SSSR count). The first kappa shape index (κ1) is 23.4. The van der Waals surface area contributed by atoms with Crippen molar-refractivity contribution < 1.29 is 9.13 Å². The Balaban J connectivity index is 1.37. The molecule has 2 aromatic rings. The van der Waals surface area contributed by atoms with Gasteiger partial charge in [-0.05, 0) is 63.6 Å². The molecule has 8 heteroatoms. The number of nitrogens with one attached hydrogen (secondary N) is 3. The molecule has 0 aromatic carbocycles. The van der Waals surface area contributed by atoms with E-state index in [2.05, 4.69) is 38.9 Å². The highest BCUT2D eigenvalue weighted by Gasteiger charge is 2.42. The number of halogens is 1. The second-order valence-electron chi connectivity index (χ2n) is 9.42. The average molecular weight is 453 g/mol. The number of ether oxygens (including phenoxy) is 1. The molecule has 0 bridgehead atoms. The fourth-order valence-corrected chi connectivity index (χ4v) is 4.45. The molecular weight excluding hydrogens is 419 g/mol. The van der Waals surface area contributed by atoms with Crippen molar-refractivity contribution in [3.05, 3.63) is 36.3 Å². The minimum atomic E-state index is -0.402. The zero-order chi connectivity index (χ0) is 23.3. The van der Waals surface area contributed by atoms with Crippen LogP contribution >= 0.6 is 0 Å². The molecule has 2 fully saturated rings. The first-order valence-electron chi connectivity index (χ1n) is 11.8. The van der Waals surface area contributed by atoms with Gasteiger partial charge in [-0.25, -0.2) is 14.4 Å². The van der Waals surface area contributed by atoms with Crippen LogP contribution in [0.3, 0.4) is 0 Å². The van der Waals surface area contributed by atoms with Gasteiger partial charge in [0, 0.05) is 37.3 Å². The van der Waals surface area contributed by atoms with E-state index in [4.69, 9.17) is 4.74 Å². The number of pyridine rings is 2. The molecule has 0 amide bonds. The largest absolute Gasteiger partial charge is 0.383 e. The molecule has 1 unspecified atom stereocenters. The molecule has 7 nitrogen and oxygen atoms in total. The Morgan fingerprint density at radius 1 is 1.21 bits per heavy atom. The monoisotopic (exact) mass is 452 g/mol. The molecule has 2 aliphatic rings. The Kier molecular flexibility index (Phi) is 7.41. The number of aromatic nitrogens is 2. The summed E-state index contributed by atoms with van der Waals surface area (Å²) in [5, 5.41) is 19.6. The molecule has 2 aromatic heterocycles. The second kappa shape index (κ2) is 10.4. The predicted molar refractivity (Wildman–Crippen MR) is 127 cm³/mol. The van der Waals surface area contributed by atoms with Gasteiger partial charge in [-0.3, -0.25) is 0 Å². The van der Waals surface area contributed by atoms with Gasteiger partial charge in [-0.15, -0.1) is 0 Å². The zero-order valence-corrected chi connectivity index (χ0v) is 19.4. The van der Waals surface area contributed by atoms with Crippen LogP contribution in [0, 0.1) is 22.6 Å². The van der Waals surface area contributed by atoms with Gasteiger partial charge in [0.25, 0.3) is 0 Å². The van der Waals surface area contributed by atoms with Gasteiger partial charge in [0.1, 0.15) is 11.6 Å². The number of rotatable bonds is 10. The van der Waals surface area contributed by atoms with Crippen molar-refractivity contribution in [2.45, 2.75) is 63.6 Å². The fourth-order valence-electron chi connectivity index (χ4n) is 4.45. The van der Waals surface area contributed by atoms with Crippen LogP contribution in [-0.2, 0) is 4.74 Å². The van der Waals surface area contributed by atoms with Crippen molar-refractivity contribution in [1.29, 1.82) is 5.26 Å². The van der Waals surface area contributed by atoms with E-state index in [1.165, 1.54) is 6.20 Å². The van der Waals surface area contributed by atoms with Gasteiger partial charge in [-0.1, -0.05) is 6.07 Å². The van der Waals surface area contributed by atoms with Crippen LogP contribution in [0.2, 0.25) is 0 Å². The zero-order valence-electron chi connectivity index (χ0n) is 19.4. The maximum atomic E-state index is 14.6. The lowest BCUT2D eigenvalue weighted by molar-refractivity contribution is 0.161. The van der Waals surface area contributed by atoms with Crippen molar-refractivity contribution in [2.24, 2.45) is 5.41 Å². The van der Waals surface area contributed by atoms with E-state index in [0.717, 1.165) is 38.5 Å². The highest BCUT2D eigenvalue weighted by Crippen LogP contribution is 2.44. The summed E-state index contributed by atoms with van der Waals surface area (Å²) >= 11 is 0. The molecule has 0 spiro atoms. The topological polar surface area (TPSA) is 94.9 Å². The number of methoxy groups -OCH3 is 1. The van der Waals surface area contributed by atoms with Crippen molar-refractivity contribution in [1.82, 2.24) is 15.3 Å². The third-order valence-corrected chi connectivity index (χ3v) is 6.60. The molecule has 33 heavy (non-hydrogen) atoms. The van der Waals surface area contributed by atoms with Crippen LogP contribution < -0.4 is 16.0 Å². The Labute approximate surface area is 195 Å². The summed E-state index contributed by atoms with van der Waals surface area (Å²) in [4.78, 5) is 8.84. The highest BCUT2D eigenvalue weighted by molar-refractivity contribution is 5.65. The first-order valence-corrected chi connectivity index (χ1v) is 11.8. The third kappa shape index (κ3) is 6.18. The van der Waals surface area contributed by atoms with E-state index in [1.54, 1.807) is 19.2 Å². The second-order valence-corrected chi connectivity index (χ2v) is 9.42. The molecule has 1 atom stereocenters. The van der Waals surface area contributed by atoms with E-state index in [0.29, 0.717) is 54.2 Å². The maximum absolute atomic E-state index is 14.6. The van der Waals surface area contributed by atoms with Crippen molar-refractivity contribution in [3.63, 3.8) is 0 Å². The van der Waals surface area contributed by atoms with Gasteiger partial charge < -0.3 is 20.7 Å². The minimum absolute atomic E-state index is 0.271. The molecule has 0 radical (unpaired) electrons. The molecule has 0 saturated heterocycles. The van der Waals surface area contributed by atoms with Crippen LogP contribution in [0.25, 0.3) is 11.3 Å². The quantitative estimate of drug-likeness (QED) is 0.493. The molecule has 2 saturated carbocycles. The number of hydrogen-bond acceptors (Lipinski definition) is 7. The summed E-state index contributed by atoms with van der Waals surface area (Å²) < 4.78 is 19.8. The van der Waals surface area contributed by atoms with Gasteiger partial charge in [0.05, 0.1) is 30.0 Å². The summed E-state index contributed by atoms with van der Waals surface area (Å²) in [6, 6.07) is 10.8. The van der Waals surface area contributed by atoms with Gasteiger partial charge in [0.15, 0.2) is 5.82 Å². The van der Waals surface area contributed by atoms with E-state index >= 15 is 0 Å². The maximum Gasteiger partial charge on any atom is 0.151 e. The summed E-state index contributed by atoms with van der Waals surface area (Å²) in [6.45, 7) is 3.42.